The normalized spacial score (nSPS) is 15.2. The first-order valence-electron chi connectivity index (χ1n) is 11.1. The fourth-order valence-corrected chi connectivity index (χ4v) is 5.20. The number of halogens is 2. The van der Waals surface area contributed by atoms with Crippen molar-refractivity contribution in [3.63, 3.8) is 0 Å². The summed E-state index contributed by atoms with van der Waals surface area (Å²) in [6.45, 7) is 10.2. The van der Waals surface area contributed by atoms with Gasteiger partial charge in [-0.1, -0.05) is 48.7 Å². The highest BCUT2D eigenvalue weighted by molar-refractivity contribution is 8.03. The van der Waals surface area contributed by atoms with Crippen LogP contribution in [-0.2, 0) is 9.59 Å². The Morgan fingerprint density at radius 1 is 1.44 bits per heavy atom. The van der Waals surface area contributed by atoms with Crippen LogP contribution in [0.1, 0.15) is 17.5 Å². The number of amides is 2. The van der Waals surface area contributed by atoms with Crippen molar-refractivity contribution < 1.29 is 18.7 Å². The summed E-state index contributed by atoms with van der Waals surface area (Å²) in [6.07, 6.45) is 2.44. The van der Waals surface area contributed by atoms with Gasteiger partial charge in [0.25, 0.3) is 0 Å². The zero-order valence-corrected chi connectivity index (χ0v) is 21.4. The Morgan fingerprint density at radius 3 is 2.83 bits per heavy atom. The van der Waals surface area contributed by atoms with Crippen molar-refractivity contribution >= 4 is 35.7 Å². The van der Waals surface area contributed by atoms with E-state index in [1.165, 1.54) is 12.1 Å². The first kappa shape index (κ1) is 27.1. The quantitative estimate of drug-likeness (QED) is 0.293. The van der Waals surface area contributed by atoms with Crippen LogP contribution in [0.2, 0.25) is 5.02 Å². The third-order valence-corrected chi connectivity index (χ3v) is 7.04. The van der Waals surface area contributed by atoms with E-state index in [0.717, 1.165) is 18.2 Å². The molecule has 3 rings (SSSR count). The molecule has 10 heteroatoms. The molecule has 7 nitrogen and oxygen atoms in total. The van der Waals surface area contributed by atoms with Crippen LogP contribution < -0.4 is 10.5 Å². The Morgan fingerprint density at radius 2 is 2.19 bits per heavy atom. The van der Waals surface area contributed by atoms with Crippen LogP contribution in [0.4, 0.5) is 4.39 Å². The molecule has 1 aliphatic heterocycles. The lowest BCUT2D eigenvalue weighted by Crippen LogP contribution is -2.54. The zero-order chi connectivity index (χ0) is 26.4. The van der Waals surface area contributed by atoms with Crippen LogP contribution in [-0.4, -0.2) is 54.4 Å². The molecule has 0 radical (unpaired) electrons. The minimum atomic E-state index is -0.590. The number of nitriles is 1. The summed E-state index contributed by atoms with van der Waals surface area (Å²) in [5, 5.41) is 10.1. The number of rotatable bonds is 9. The molecule has 0 spiro atoms. The van der Waals surface area contributed by atoms with Crippen molar-refractivity contribution in [2.24, 2.45) is 5.73 Å². The topological polar surface area (TPSA) is 99.7 Å². The maximum Gasteiger partial charge on any atom is 0.246 e. The summed E-state index contributed by atoms with van der Waals surface area (Å²) < 4.78 is 21.1. The third kappa shape index (κ3) is 5.83. The highest BCUT2D eigenvalue weighted by atomic mass is 35.5. The number of hydrogen-bond acceptors (Lipinski definition) is 6. The second-order valence-corrected chi connectivity index (χ2v) is 9.72. The largest absolute Gasteiger partial charge is 0.492 e. The number of hydrogen-bond donors (Lipinski definition) is 1. The summed E-state index contributed by atoms with van der Waals surface area (Å²) in [5.41, 5.74) is 6.77. The summed E-state index contributed by atoms with van der Waals surface area (Å²) in [7, 11) is 0. The number of nitrogens with two attached hydrogens (primary N) is 1. The fourth-order valence-electron chi connectivity index (χ4n) is 4.12. The number of thioether (sulfide) groups is 1. The Hall–Kier alpha value is -3.48. The third-order valence-electron chi connectivity index (χ3n) is 5.85. The van der Waals surface area contributed by atoms with Gasteiger partial charge >= 0.3 is 0 Å². The Labute approximate surface area is 218 Å². The standard InChI is InChI=1S/C26H26ClFN4O3S/c1-4-23(34)31-9-10-32(15-33)18(14-31)8-11-35-26-16(2)12-21(28)24(25(26)27)19-6-5-7-22(20(19)13-29)36-17(3)30/h4-7,12,15,18H,1,3,8-11,14,30H2,2H3. The maximum atomic E-state index is 15.2. The average Bonchev–Trinajstić information content (AvgIpc) is 2.85. The van der Waals surface area contributed by atoms with Crippen LogP contribution in [0.15, 0.2) is 53.4 Å². The molecule has 1 heterocycles. The number of carbonyl (C=O) groups excluding carboxylic acids is 2. The van der Waals surface area contributed by atoms with Crippen molar-refractivity contribution in [2.75, 3.05) is 26.2 Å². The maximum absolute atomic E-state index is 15.2. The lowest BCUT2D eigenvalue weighted by atomic mass is 9.98. The van der Waals surface area contributed by atoms with E-state index >= 15 is 4.39 Å². The number of benzene rings is 2. The fraction of sp³-hybridized carbons (Fsp3) is 0.269. The molecule has 0 aliphatic carbocycles. The molecule has 0 aromatic heterocycles. The highest BCUT2D eigenvalue weighted by Crippen LogP contribution is 2.43. The van der Waals surface area contributed by atoms with Gasteiger partial charge in [0.2, 0.25) is 12.3 Å². The van der Waals surface area contributed by atoms with E-state index in [0.29, 0.717) is 47.1 Å². The predicted octanol–water partition coefficient (Wildman–Crippen LogP) is 4.47. The van der Waals surface area contributed by atoms with E-state index in [4.69, 9.17) is 22.1 Å². The Kier molecular flexibility index (Phi) is 9.02. The van der Waals surface area contributed by atoms with Gasteiger partial charge < -0.3 is 20.3 Å². The second-order valence-electron chi connectivity index (χ2n) is 8.17. The molecule has 188 valence electrons. The molecule has 0 saturated carbocycles. The van der Waals surface area contributed by atoms with Crippen molar-refractivity contribution in [3.8, 4) is 22.9 Å². The Balaban J connectivity index is 1.88. The van der Waals surface area contributed by atoms with Crippen LogP contribution in [0.3, 0.4) is 0 Å². The number of nitrogens with zero attached hydrogens (tertiary/aromatic N) is 3. The van der Waals surface area contributed by atoms with Crippen LogP contribution in [0.5, 0.6) is 5.75 Å². The van der Waals surface area contributed by atoms with E-state index < -0.39 is 5.82 Å². The molecule has 1 fully saturated rings. The number of carbonyl (C=O) groups is 2. The van der Waals surface area contributed by atoms with E-state index in [2.05, 4.69) is 19.2 Å². The number of ether oxygens (including phenoxy) is 1. The molecule has 1 unspecified atom stereocenters. The number of piperazine rings is 1. The first-order valence-corrected chi connectivity index (χ1v) is 12.3. The summed E-state index contributed by atoms with van der Waals surface area (Å²) in [5.74, 6) is -0.501. The Bertz CT molecular complexity index is 1250. The summed E-state index contributed by atoms with van der Waals surface area (Å²) >= 11 is 7.76. The molecule has 1 saturated heterocycles. The van der Waals surface area contributed by atoms with Crippen molar-refractivity contribution in [1.29, 1.82) is 5.26 Å². The molecule has 36 heavy (non-hydrogen) atoms. The van der Waals surface area contributed by atoms with Gasteiger partial charge in [-0.2, -0.15) is 5.26 Å². The van der Waals surface area contributed by atoms with Crippen molar-refractivity contribution in [2.45, 2.75) is 24.3 Å². The highest BCUT2D eigenvalue weighted by Gasteiger charge is 2.28. The van der Waals surface area contributed by atoms with Crippen molar-refractivity contribution in [3.05, 3.63) is 70.5 Å². The van der Waals surface area contributed by atoms with Crippen molar-refractivity contribution in [1.82, 2.24) is 9.80 Å². The molecular formula is C26H26ClFN4O3S. The molecule has 2 aromatic rings. The summed E-state index contributed by atoms with van der Waals surface area (Å²) in [4.78, 5) is 27.3. The monoisotopic (exact) mass is 528 g/mol. The van der Waals surface area contributed by atoms with Gasteiger partial charge in [-0.05, 0) is 30.7 Å². The average molecular weight is 529 g/mol. The van der Waals surface area contributed by atoms with Gasteiger partial charge in [0.15, 0.2) is 0 Å². The minimum Gasteiger partial charge on any atom is -0.492 e. The van der Waals surface area contributed by atoms with Gasteiger partial charge in [-0.3, -0.25) is 9.59 Å². The van der Waals surface area contributed by atoms with Gasteiger partial charge in [0.05, 0.1) is 28.3 Å². The van der Waals surface area contributed by atoms with Gasteiger partial charge in [-0.15, -0.1) is 0 Å². The molecule has 2 aromatic carbocycles. The predicted molar refractivity (Wildman–Crippen MR) is 139 cm³/mol. The van der Waals surface area contributed by atoms with Gasteiger partial charge in [0, 0.05) is 42.1 Å². The first-order chi connectivity index (χ1) is 17.2. The molecule has 2 amide bonds. The van der Waals surface area contributed by atoms with E-state index in [1.807, 2.05) is 0 Å². The van der Waals surface area contributed by atoms with E-state index in [-0.39, 0.29) is 40.5 Å². The van der Waals surface area contributed by atoms with E-state index in [9.17, 15) is 14.9 Å². The summed E-state index contributed by atoms with van der Waals surface area (Å²) in [6, 6.07) is 8.17. The molecular weight excluding hydrogens is 503 g/mol. The number of aryl methyl sites for hydroxylation is 1. The van der Waals surface area contributed by atoms with Crippen LogP contribution in [0.25, 0.3) is 11.1 Å². The molecule has 0 bridgehead atoms. The van der Waals surface area contributed by atoms with Crippen LogP contribution in [0, 0.1) is 24.1 Å². The second kappa shape index (κ2) is 12.0. The smallest absolute Gasteiger partial charge is 0.246 e. The van der Waals surface area contributed by atoms with E-state index in [1.54, 1.807) is 34.9 Å². The lowest BCUT2D eigenvalue weighted by Gasteiger charge is -2.39. The molecule has 2 N–H and O–H groups in total. The zero-order valence-electron chi connectivity index (χ0n) is 19.8. The SMILES string of the molecule is C=CC(=O)N1CCN(C=O)C(CCOc2c(C)cc(F)c(-c3cccc(SC(=C)N)c3C#N)c2Cl)C1. The molecule has 1 aliphatic rings. The lowest BCUT2D eigenvalue weighted by molar-refractivity contribution is -0.133. The van der Waals surface area contributed by atoms with Gasteiger partial charge in [-0.25, -0.2) is 4.39 Å². The minimum absolute atomic E-state index is 0.0390. The van der Waals surface area contributed by atoms with Crippen LogP contribution >= 0.6 is 23.4 Å². The molecule has 1 atom stereocenters. The van der Waals surface area contributed by atoms with Gasteiger partial charge in [0.1, 0.15) is 17.6 Å².